The molecule has 0 saturated heterocycles. The summed E-state index contributed by atoms with van der Waals surface area (Å²) in [6, 6.07) is 0. The highest BCUT2D eigenvalue weighted by Crippen LogP contribution is 1.62. The Morgan fingerprint density at radius 1 is 0.909 bits per heavy atom. The van der Waals surface area contributed by atoms with E-state index >= 15 is 0 Å². The summed E-state index contributed by atoms with van der Waals surface area (Å²) in [5.74, 6) is 0. The van der Waals surface area contributed by atoms with Crippen molar-refractivity contribution in [3.63, 3.8) is 0 Å². The lowest BCUT2D eigenvalue weighted by atomic mass is 11.8. The molecule has 0 spiro atoms. The zero-order valence-corrected chi connectivity index (χ0v) is 7.97. The molecule has 0 fully saturated rings. The van der Waals surface area contributed by atoms with E-state index in [-0.39, 0.29) is 40.7 Å². The van der Waals surface area contributed by atoms with Crippen molar-refractivity contribution in [3.8, 4) is 0 Å². The number of aliphatic hydroxyl groups is 2. The second kappa shape index (κ2) is 110. The van der Waals surface area contributed by atoms with Crippen molar-refractivity contribution in [2.45, 2.75) is 29.7 Å². The van der Waals surface area contributed by atoms with E-state index in [0.29, 0.717) is 0 Å². The smallest absolute Gasteiger partial charge is 0.0980 e. The monoisotopic (exact) mass is 320 g/mol. The van der Waals surface area contributed by atoms with Gasteiger partial charge in [-0.15, -0.1) is 0 Å². The Labute approximate surface area is 93.9 Å². The van der Waals surface area contributed by atoms with Gasteiger partial charge in [0.1, 0.15) is 0 Å². The van der Waals surface area contributed by atoms with Crippen LogP contribution in [0.4, 0.5) is 0 Å². The molecule has 0 rings (SSSR count). The molecule has 0 bridgehead atoms. The van der Waals surface area contributed by atoms with Crippen LogP contribution < -0.4 is 0 Å². The highest BCUT2D eigenvalue weighted by atomic mass is 79.9. The molecule has 2 nitrogen and oxygen atoms in total. The lowest BCUT2D eigenvalue weighted by molar-refractivity contribution is 0.380. The first-order valence-electron chi connectivity index (χ1n) is 1.74. The number of hydrogen-bond donors (Lipinski definition) is 2. The Bertz CT molecular complexity index is 25.5. The van der Waals surface area contributed by atoms with Gasteiger partial charge in [0.05, 0.1) is 12.3 Å². The first-order chi connectivity index (χ1) is 3.83. The van der Waals surface area contributed by atoms with Crippen LogP contribution in [0.1, 0.15) is 29.7 Å². The van der Waals surface area contributed by atoms with E-state index in [1.807, 2.05) is 0 Å². The fraction of sp³-hybridized carbons (Fsp3) is 1.00. The fourth-order valence-corrected chi connectivity index (χ4v) is 0. The van der Waals surface area contributed by atoms with Gasteiger partial charge >= 0.3 is 0 Å². The van der Waals surface area contributed by atoms with E-state index in [0.717, 1.165) is 0 Å². The number of aliphatic hydroxyl groups excluding tert-OH is 2. The zero-order chi connectivity index (χ0) is 7.41. The second-order valence-corrected chi connectivity index (χ2v) is 1.24. The van der Waals surface area contributed by atoms with Gasteiger partial charge in [-0.2, -0.15) is 9.84 Å². The van der Waals surface area contributed by atoms with Crippen molar-refractivity contribution in [2.24, 2.45) is 0 Å². The van der Waals surface area contributed by atoms with Gasteiger partial charge in [-0.05, 0) is 0 Å². The Hall–Kier alpha value is 1.31. The predicted octanol–water partition coefficient (Wildman–Crippen LogP) is 3.26. The van der Waals surface area contributed by atoms with Gasteiger partial charge in [0, 0.05) is 0 Å². The second-order valence-electron chi connectivity index (χ2n) is 0.239. The maximum Gasteiger partial charge on any atom is 0.0980 e. The molecule has 0 aliphatic rings. The van der Waals surface area contributed by atoms with Crippen molar-refractivity contribution in [1.82, 2.24) is 0 Å². The van der Waals surface area contributed by atoms with Gasteiger partial charge in [0.15, 0.2) is 0 Å². The molecule has 0 aromatic carbocycles. The predicted molar refractivity (Wildman–Crippen MR) is 70.1 cm³/mol. The lowest BCUT2D eigenvalue weighted by Gasteiger charge is -1.50. The van der Waals surface area contributed by atoms with E-state index in [9.17, 15) is 0 Å². The van der Waals surface area contributed by atoms with E-state index in [1.54, 1.807) is 9.84 Å². The Balaban J connectivity index is -0.00000000544. The third-order valence-corrected chi connectivity index (χ3v) is 0. The largest absolute Gasteiger partial charge is 0.385 e. The number of halogens is 2. The van der Waals surface area contributed by atoms with Crippen LogP contribution in [0, 0.1) is 0 Å². The van der Waals surface area contributed by atoms with Crippen molar-refractivity contribution in [1.29, 1.82) is 1.28 Å². The summed E-state index contributed by atoms with van der Waals surface area (Å²) in [4.78, 5) is 0. The average Bonchev–Trinajstić information content (AvgIpc) is 1.75. The van der Waals surface area contributed by atoms with Crippen LogP contribution in [0.15, 0.2) is 0 Å². The summed E-state index contributed by atoms with van der Waals surface area (Å²) in [6.45, 7) is 0. The topological polar surface area (TPSA) is 40.5 Å². The number of hydrogen-bond acceptors (Lipinski definition) is 2. The van der Waals surface area contributed by atoms with Gasteiger partial charge in [-0.1, -0.05) is 61.6 Å². The van der Waals surface area contributed by atoms with Crippen LogP contribution in [0.5, 0.6) is 0 Å². The molecule has 11 heavy (non-hydrogen) atoms. The van der Waals surface area contributed by atoms with E-state index < -0.39 is 0 Å². The molecule has 0 aliphatic heterocycles. The van der Waals surface area contributed by atoms with Crippen LogP contribution in [0.25, 0.3) is 0 Å². The Morgan fingerprint density at radius 3 is 0.909 bits per heavy atom. The fourth-order valence-electron chi connectivity index (χ4n) is 0. The SMILES string of the molecule is C.C.C.C.OCBr.OCBr.[3H]P. The van der Waals surface area contributed by atoms with E-state index in [2.05, 4.69) is 31.9 Å². The molecule has 0 amide bonds. The molecule has 5 heteroatoms. The third-order valence-electron chi connectivity index (χ3n) is 0. The highest BCUT2D eigenvalue weighted by Gasteiger charge is 1.37. The van der Waals surface area contributed by atoms with Gasteiger partial charge in [-0.3, -0.25) is 0 Å². The van der Waals surface area contributed by atoms with Crippen molar-refractivity contribution < 1.29 is 10.2 Å². The summed E-state index contributed by atoms with van der Waals surface area (Å²) in [5, 5.41) is 15.0. The Kier molecular flexibility index (Phi) is 395. The maximum atomic E-state index is 7.49. The lowest BCUT2D eigenvalue weighted by Crippen LogP contribution is -1.48. The maximum absolute atomic E-state index is 7.49. The third kappa shape index (κ3) is 571. The number of alkyl halides is 2. The molecular formula is C6H25Br2O2P. The van der Waals surface area contributed by atoms with Crippen molar-refractivity contribution in [3.05, 3.63) is 0 Å². The molecule has 2 N–H and O–H groups in total. The molecule has 0 saturated carbocycles. The minimum absolute atomic E-state index is 0. The average molecular weight is 322 g/mol. The number of rotatable bonds is 0. The first-order valence-corrected chi connectivity index (χ1v) is 3.41. The summed E-state index contributed by atoms with van der Waals surface area (Å²) in [6.07, 6.45) is 0. The Morgan fingerprint density at radius 2 is 0.909 bits per heavy atom. The van der Waals surface area contributed by atoms with Crippen LogP contribution in [0.3, 0.4) is 0 Å². The quantitative estimate of drug-likeness (QED) is 0.531. The minimum atomic E-state index is 0. The normalized spacial score (nSPS) is 3.91. The summed E-state index contributed by atoms with van der Waals surface area (Å²) in [7, 11) is 1.67. The summed E-state index contributed by atoms with van der Waals surface area (Å²) in [5.41, 5.74) is 0.125. The molecule has 0 aliphatic carbocycles. The van der Waals surface area contributed by atoms with Crippen LogP contribution >= 0.6 is 41.7 Å². The molecule has 0 aromatic heterocycles. The molecule has 80 valence electrons. The molecule has 0 radical (unpaired) electrons. The first kappa shape index (κ1) is 39.5. The van der Waals surface area contributed by atoms with Gasteiger partial charge < -0.3 is 10.2 Å². The van der Waals surface area contributed by atoms with E-state index in [1.165, 1.54) is 0 Å². The van der Waals surface area contributed by atoms with Crippen molar-refractivity contribution in [2.75, 3.05) is 11.0 Å². The van der Waals surface area contributed by atoms with Crippen molar-refractivity contribution >= 4 is 41.7 Å². The highest BCUT2D eigenvalue weighted by molar-refractivity contribution is 9.09. The molecule has 0 heterocycles. The summed E-state index contributed by atoms with van der Waals surface area (Å²) < 4.78 is 5.67. The molecule has 0 aromatic rings. The van der Waals surface area contributed by atoms with Gasteiger partial charge in [0.2, 0.25) is 0 Å². The van der Waals surface area contributed by atoms with Crippen LogP contribution in [-0.2, 0) is 0 Å². The standard InChI is InChI=1S/2CH3BrO.4CH4.H3P/c2*2-1-3;;;;;/h2*3H,1H2;4*1H4;1H3/i;;;;;;1T. The summed E-state index contributed by atoms with van der Waals surface area (Å²) >= 11 is 5.40. The van der Waals surface area contributed by atoms with Crippen LogP contribution in [0.2, 0.25) is 0 Å². The molecular weight excluding hydrogens is 295 g/mol. The van der Waals surface area contributed by atoms with Gasteiger partial charge in [-0.25, -0.2) is 0 Å². The molecule has 1 unspecified atom stereocenters. The molecule has 1 atom stereocenters. The van der Waals surface area contributed by atoms with Gasteiger partial charge in [0.25, 0.3) is 0 Å². The minimum Gasteiger partial charge on any atom is -0.385 e. The zero-order valence-electron chi connectivity index (χ0n) is 4.64. The van der Waals surface area contributed by atoms with E-state index in [4.69, 9.17) is 11.5 Å². The van der Waals surface area contributed by atoms with Crippen LogP contribution in [-0.4, -0.2) is 22.5 Å².